The summed E-state index contributed by atoms with van der Waals surface area (Å²) >= 11 is 6.04. The monoisotopic (exact) mass is 301 g/mol. The van der Waals surface area contributed by atoms with E-state index in [1.165, 1.54) is 0 Å². The van der Waals surface area contributed by atoms with E-state index in [-0.39, 0.29) is 0 Å². The zero-order chi connectivity index (χ0) is 14.7. The summed E-state index contributed by atoms with van der Waals surface area (Å²) in [6.07, 6.45) is 1.64. The molecule has 3 aromatic rings. The molecule has 0 aliphatic heterocycles. The fourth-order valence-corrected chi connectivity index (χ4v) is 2.16. The molecule has 2 heterocycles. The number of hydrogen-bond acceptors (Lipinski definition) is 5. The molecule has 0 radical (unpaired) electrons. The van der Waals surface area contributed by atoms with E-state index in [4.69, 9.17) is 16.3 Å². The van der Waals surface area contributed by atoms with Crippen LogP contribution in [-0.4, -0.2) is 32.1 Å². The molecule has 0 amide bonds. The second kappa shape index (κ2) is 5.99. The highest BCUT2D eigenvalue weighted by Gasteiger charge is 2.12. The molecular weight excluding hydrogens is 290 g/mol. The first-order valence-electron chi connectivity index (χ1n) is 6.27. The van der Waals surface area contributed by atoms with E-state index < -0.39 is 0 Å². The highest BCUT2D eigenvalue weighted by Crippen LogP contribution is 2.22. The van der Waals surface area contributed by atoms with Gasteiger partial charge in [-0.15, -0.1) is 5.10 Å². The number of para-hydroxylation sites is 1. The van der Waals surface area contributed by atoms with Crippen LogP contribution in [0.5, 0.6) is 0 Å². The number of halogens is 1. The van der Waals surface area contributed by atoms with Gasteiger partial charge in [0.2, 0.25) is 0 Å². The van der Waals surface area contributed by atoms with E-state index in [9.17, 15) is 0 Å². The SMILES string of the molecule is COCc1nc(Cl)cc(-c2cnnn2-c2ccccc2)n1. The van der Waals surface area contributed by atoms with Crippen LogP contribution in [0.25, 0.3) is 17.1 Å². The van der Waals surface area contributed by atoms with Gasteiger partial charge < -0.3 is 4.74 Å². The van der Waals surface area contributed by atoms with Crippen LogP contribution in [0.15, 0.2) is 42.6 Å². The van der Waals surface area contributed by atoms with Gasteiger partial charge in [-0.1, -0.05) is 35.0 Å². The Bertz CT molecular complexity index is 744. The Hall–Kier alpha value is -2.31. The van der Waals surface area contributed by atoms with Gasteiger partial charge in [-0.05, 0) is 12.1 Å². The first-order chi connectivity index (χ1) is 10.3. The predicted octanol–water partition coefficient (Wildman–Crippen LogP) is 2.52. The van der Waals surface area contributed by atoms with Crippen molar-refractivity contribution >= 4 is 11.6 Å². The molecule has 3 rings (SSSR count). The Balaban J connectivity index is 2.08. The van der Waals surface area contributed by atoms with Gasteiger partial charge in [0.25, 0.3) is 0 Å². The zero-order valence-corrected chi connectivity index (χ0v) is 12.0. The molecule has 0 saturated heterocycles. The van der Waals surface area contributed by atoms with Gasteiger partial charge in [0.1, 0.15) is 17.5 Å². The summed E-state index contributed by atoms with van der Waals surface area (Å²) in [5, 5.41) is 8.41. The van der Waals surface area contributed by atoms with Crippen LogP contribution in [0.3, 0.4) is 0 Å². The van der Waals surface area contributed by atoms with Crippen LogP contribution in [0.1, 0.15) is 5.82 Å². The first kappa shape index (κ1) is 13.7. The molecule has 0 spiro atoms. The minimum absolute atomic E-state index is 0.292. The third kappa shape index (κ3) is 2.91. The maximum absolute atomic E-state index is 6.04. The maximum Gasteiger partial charge on any atom is 0.156 e. The standard InChI is InChI=1S/C14H12ClN5O/c1-21-9-14-17-11(7-13(15)18-14)12-8-16-19-20(12)10-5-3-2-4-6-10/h2-8H,9H2,1H3. The molecule has 0 saturated carbocycles. The topological polar surface area (TPSA) is 65.7 Å². The maximum atomic E-state index is 6.04. The van der Waals surface area contributed by atoms with Gasteiger partial charge in [-0.3, -0.25) is 0 Å². The van der Waals surface area contributed by atoms with E-state index >= 15 is 0 Å². The van der Waals surface area contributed by atoms with Crippen molar-refractivity contribution in [2.24, 2.45) is 0 Å². The minimum Gasteiger partial charge on any atom is -0.377 e. The molecule has 0 unspecified atom stereocenters. The molecule has 0 aliphatic carbocycles. The Morgan fingerprint density at radius 1 is 1.19 bits per heavy atom. The van der Waals surface area contributed by atoms with Crippen molar-refractivity contribution in [3.05, 3.63) is 53.6 Å². The summed E-state index contributed by atoms with van der Waals surface area (Å²) in [6, 6.07) is 11.4. The van der Waals surface area contributed by atoms with Gasteiger partial charge >= 0.3 is 0 Å². The van der Waals surface area contributed by atoms with Crippen LogP contribution in [0.2, 0.25) is 5.15 Å². The van der Waals surface area contributed by atoms with E-state index in [2.05, 4.69) is 20.3 Å². The third-order valence-corrected chi connectivity index (χ3v) is 3.02. The largest absolute Gasteiger partial charge is 0.377 e. The molecule has 2 aromatic heterocycles. The summed E-state index contributed by atoms with van der Waals surface area (Å²) in [6.45, 7) is 0.292. The van der Waals surface area contributed by atoms with E-state index in [1.54, 1.807) is 24.1 Å². The van der Waals surface area contributed by atoms with Gasteiger partial charge in [0, 0.05) is 13.2 Å². The normalized spacial score (nSPS) is 10.8. The summed E-state index contributed by atoms with van der Waals surface area (Å²) in [7, 11) is 1.58. The molecule has 6 nitrogen and oxygen atoms in total. The van der Waals surface area contributed by atoms with Crippen molar-refractivity contribution in [1.82, 2.24) is 25.0 Å². The molecular formula is C14H12ClN5O. The highest BCUT2D eigenvalue weighted by atomic mass is 35.5. The Labute approximate surface area is 126 Å². The number of aromatic nitrogens is 5. The molecule has 0 bridgehead atoms. The Kier molecular flexibility index (Phi) is 3.89. The van der Waals surface area contributed by atoms with Crippen LogP contribution in [0, 0.1) is 0 Å². The average Bonchev–Trinajstić information content (AvgIpc) is 2.97. The number of hydrogen-bond donors (Lipinski definition) is 0. The number of rotatable bonds is 4. The fourth-order valence-electron chi connectivity index (χ4n) is 1.96. The lowest BCUT2D eigenvalue weighted by atomic mass is 10.2. The van der Waals surface area contributed by atoms with Crippen molar-refractivity contribution in [3.8, 4) is 17.1 Å². The molecule has 0 aliphatic rings. The second-order valence-corrected chi connectivity index (χ2v) is 4.68. The zero-order valence-electron chi connectivity index (χ0n) is 11.3. The molecule has 0 atom stereocenters. The molecule has 21 heavy (non-hydrogen) atoms. The van der Waals surface area contributed by atoms with Crippen LogP contribution >= 0.6 is 11.6 Å². The molecule has 1 aromatic carbocycles. The van der Waals surface area contributed by atoms with Crippen LogP contribution in [-0.2, 0) is 11.3 Å². The summed E-state index contributed by atoms with van der Waals surface area (Å²) in [5.41, 5.74) is 2.28. The van der Waals surface area contributed by atoms with Crippen LogP contribution < -0.4 is 0 Å². The highest BCUT2D eigenvalue weighted by molar-refractivity contribution is 6.29. The predicted molar refractivity (Wildman–Crippen MR) is 78.1 cm³/mol. The number of benzene rings is 1. The van der Waals surface area contributed by atoms with Gasteiger partial charge in [-0.25, -0.2) is 14.6 Å². The number of ether oxygens (including phenoxy) is 1. The van der Waals surface area contributed by atoms with Crippen molar-refractivity contribution in [1.29, 1.82) is 0 Å². The minimum atomic E-state index is 0.292. The Morgan fingerprint density at radius 2 is 2.00 bits per heavy atom. The summed E-state index contributed by atoms with van der Waals surface area (Å²) in [5.74, 6) is 0.515. The van der Waals surface area contributed by atoms with E-state index in [1.807, 2.05) is 30.3 Å². The second-order valence-electron chi connectivity index (χ2n) is 4.29. The quantitative estimate of drug-likeness (QED) is 0.693. The van der Waals surface area contributed by atoms with E-state index in [0.717, 1.165) is 11.4 Å². The van der Waals surface area contributed by atoms with Crippen molar-refractivity contribution in [2.45, 2.75) is 6.61 Å². The van der Waals surface area contributed by atoms with Crippen molar-refractivity contribution in [3.63, 3.8) is 0 Å². The third-order valence-electron chi connectivity index (χ3n) is 2.83. The van der Waals surface area contributed by atoms with Crippen LogP contribution in [0.4, 0.5) is 0 Å². The molecule has 106 valence electrons. The van der Waals surface area contributed by atoms with E-state index in [0.29, 0.717) is 23.3 Å². The molecule has 0 fully saturated rings. The molecule has 7 heteroatoms. The first-order valence-corrected chi connectivity index (χ1v) is 6.64. The molecule has 0 N–H and O–H groups in total. The fraction of sp³-hybridized carbons (Fsp3) is 0.143. The van der Waals surface area contributed by atoms with Gasteiger partial charge in [-0.2, -0.15) is 0 Å². The summed E-state index contributed by atoms with van der Waals surface area (Å²) < 4.78 is 6.75. The number of methoxy groups -OCH3 is 1. The number of nitrogens with zero attached hydrogens (tertiary/aromatic N) is 5. The van der Waals surface area contributed by atoms with Crippen molar-refractivity contribution < 1.29 is 4.74 Å². The lowest BCUT2D eigenvalue weighted by Gasteiger charge is -2.07. The van der Waals surface area contributed by atoms with Gasteiger partial charge in [0.05, 0.1) is 17.6 Å². The lowest BCUT2D eigenvalue weighted by molar-refractivity contribution is 0.178. The average molecular weight is 302 g/mol. The lowest BCUT2D eigenvalue weighted by Crippen LogP contribution is -2.03. The Morgan fingerprint density at radius 3 is 2.76 bits per heavy atom. The summed E-state index contributed by atoms with van der Waals surface area (Å²) in [4.78, 5) is 8.55. The van der Waals surface area contributed by atoms with Crippen molar-refractivity contribution in [2.75, 3.05) is 7.11 Å². The smallest absolute Gasteiger partial charge is 0.156 e. The van der Waals surface area contributed by atoms with Gasteiger partial charge in [0.15, 0.2) is 5.82 Å².